The van der Waals surface area contributed by atoms with E-state index in [-0.39, 0.29) is 0 Å². The van der Waals surface area contributed by atoms with E-state index in [2.05, 4.69) is 0 Å². The number of carbonyl (C=O) groups is 1. The van der Waals surface area contributed by atoms with Gasteiger partial charge in [-0.1, -0.05) is 0 Å². The van der Waals surface area contributed by atoms with Crippen LogP contribution in [-0.4, -0.2) is 50.6 Å². The van der Waals surface area contributed by atoms with Crippen LogP contribution in [0.25, 0.3) is 0 Å². The van der Waals surface area contributed by atoms with Gasteiger partial charge in [0, 0.05) is 20.8 Å². The zero-order valence-corrected chi connectivity index (χ0v) is 8.37. The molecule has 4 nitrogen and oxygen atoms in total. The molecule has 0 aliphatic heterocycles. The topological polar surface area (TPSA) is 55.6 Å². The number of carbonyl (C=O) groups excluding carboxylic acids is 1. The van der Waals surface area contributed by atoms with Crippen molar-refractivity contribution >= 4 is 5.91 Å². The second-order valence-corrected chi connectivity index (χ2v) is 3.00. The molecule has 0 spiro atoms. The molecule has 0 aromatic carbocycles. The van der Waals surface area contributed by atoms with Gasteiger partial charge in [-0.2, -0.15) is 0 Å². The first-order valence-corrected chi connectivity index (χ1v) is 4.26. The van der Waals surface area contributed by atoms with Crippen LogP contribution >= 0.6 is 0 Å². The Morgan fingerprint density at radius 3 is 2.57 bits per heavy atom. The first kappa shape index (κ1) is 13.2. The molecule has 0 heterocycles. The van der Waals surface area contributed by atoms with Crippen LogP contribution in [0.15, 0.2) is 0 Å². The molecule has 14 heavy (non-hydrogen) atoms. The largest absolute Gasteiger partial charge is 0.385 e. The Morgan fingerprint density at radius 1 is 1.57 bits per heavy atom. The summed E-state index contributed by atoms with van der Waals surface area (Å²) >= 11 is 0. The molecule has 1 unspecified atom stereocenters. The Kier molecular flexibility index (Phi) is 6.31. The van der Waals surface area contributed by atoms with Crippen molar-refractivity contribution in [1.29, 1.82) is 0 Å². The molecule has 1 amide bonds. The van der Waals surface area contributed by atoms with Crippen LogP contribution in [0, 0.1) is 0 Å². The Bertz CT molecular complexity index is 179. The molecule has 0 radical (unpaired) electrons. The average Bonchev–Trinajstić information content (AvgIpc) is 2.11. The zero-order valence-electron chi connectivity index (χ0n) is 8.37. The number of ether oxygens (including phenoxy) is 1. The average molecular weight is 210 g/mol. The molecule has 0 saturated heterocycles. The summed E-state index contributed by atoms with van der Waals surface area (Å²) in [4.78, 5) is 12.2. The molecular formula is C8H16F2N2O2. The van der Waals surface area contributed by atoms with Gasteiger partial charge in [0.2, 0.25) is 5.91 Å². The maximum atomic E-state index is 11.9. The van der Waals surface area contributed by atoms with E-state index in [1.54, 1.807) is 0 Å². The highest BCUT2D eigenvalue weighted by Crippen LogP contribution is 2.00. The number of likely N-dealkylation sites (N-methyl/N-ethyl adjacent to an activating group) is 1. The van der Waals surface area contributed by atoms with Crippen LogP contribution in [-0.2, 0) is 9.53 Å². The van der Waals surface area contributed by atoms with E-state index >= 15 is 0 Å². The third kappa shape index (κ3) is 5.08. The number of alkyl halides is 2. The Balaban J connectivity index is 3.91. The van der Waals surface area contributed by atoms with Gasteiger partial charge in [0.15, 0.2) is 0 Å². The highest BCUT2D eigenvalue weighted by Gasteiger charge is 2.19. The fourth-order valence-corrected chi connectivity index (χ4v) is 0.948. The van der Waals surface area contributed by atoms with Crippen molar-refractivity contribution in [3.63, 3.8) is 0 Å². The third-order valence-electron chi connectivity index (χ3n) is 1.74. The van der Waals surface area contributed by atoms with Gasteiger partial charge in [-0.15, -0.1) is 0 Å². The Hall–Kier alpha value is -0.750. The number of rotatable bonds is 6. The summed E-state index contributed by atoms with van der Waals surface area (Å²) in [6, 6.07) is -0.765. The van der Waals surface area contributed by atoms with E-state index in [9.17, 15) is 13.6 Å². The lowest BCUT2D eigenvalue weighted by atomic mass is 10.2. The first-order chi connectivity index (χ1) is 6.49. The minimum atomic E-state index is -2.53. The SMILES string of the molecule is COCCC(N)C(=O)N(C)CC(F)F. The summed E-state index contributed by atoms with van der Waals surface area (Å²) in [5, 5.41) is 0. The van der Waals surface area contributed by atoms with Gasteiger partial charge in [-0.25, -0.2) is 8.78 Å². The van der Waals surface area contributed by atoms with Gasteiger partial charge in [0.25, 0.3) is 6.43 Å². The number of hydrogen-bond acceptors (Lipinski definition) is 3. The van der Waals surface area contributed by atoms with Crippen molar-refractivity contribution in [2.75, 3.05) is 27.3 Å². The standard InChI is InChI=1S/C8H16F2N2O2/c1-12(5-7(9)10)8(13)6(11)3-4-14-2/h6-7H,3-5,11H2,1-2H3. The molecular weight excluding hydrogens is 194 g/mol. The molecule has 0 aliphatic rings. The lowest BCUT2D eigenvalue weighted by molar-refractivity contribution is -0.133. The third-order valence-corrected chi connectivity index (χ3v) is 1.74. The molecule has 6 heteroatoms. The summed E-state index contributed by atoms with van der Waals surface area (Å²) in [6.07, 6.45) is -2.19. The smallest absolute Gasteiger partial charge is 0.255 e. The van der Waals surface area contributed by atoms with Crippen molar-refractivity contribution in [2.24, 2.45) is 5.73 Å². The van der Waals surface area contributed by atoms with Gasteiger partial charge in [-0.3, -0.25) is 4.79 Å². The van der Waals surface area contributed by atoms with E-state index in [4.69, 9.17) is 10.5 Å². The number of nitrogens with zero attached hydrogens (tertiary/aromatic N) is 1. The van der Waals surface area contributed by atoms with Gasteiger partial charge >= 0.3 is 0 Å². The van der Waals surface area contributed by atoms with Crippen molar-refractivity contribution < 1.29 is 18.3 Å². The van der Waals surface area contributed by atoms with E-state index in [0.717, 1.165) is 4.90 Å². The molecule has 0 aromatic rings. The van der Waals surface area contributed by atoms with E-state index in [1.807, 2.05) is 0 Å². The molecule has 0 fully saturated rings. The van der Waals surface area contributed by atoms with Crippen LogP contribution in [0.3, 0.4) is 0 Å². The quantitative estimate of drug-likeness (QED) is 0.675. The zero-order chi connectivity index (χ0) is 11.1. The predicted octanol–water partition coefficient (Wildman–Crippen LogP) is 0.0737. The molecule has 0 bridgehead atoms. The molecule has 2 N–H and O–H groups in total. The lowest BCUT2D eigenvalue weighted by Gasteiger charge is -2.20. The highest BCUT2D eigenvalue weighted by atomic mass is 19.3. The van der Waals surface area contributed by atoms with Crippen molar-refractivity contribution in [3.8, 4) is 0 Å². The van der Waals surface area contributed by atoms with Crippen molar-refractivity contribution in [1.82, 2.24) is 4.90 Å². The Labute approximate surface area is 82.0 Å². The van der Waals surface area contributed by atoms with Gasteiger partial charge < -0.3 is 15.4 Å². The van der Waals surface area contributed by atoms with E-state index in [0.29, 0.717) is 13.0 Å². The van der Waals surface area contributed by atoms with Gasteiger partial charge in [-0.05, 0) is 6.42 Å². The Morgan fingerprint density at radius 2 is 2.14 bits per heavy atom. The van der Waals surface area contributed by atoms with E-state index < -0.39 is 24.9 Å². The van der Waals surface area contributed by atoms with Gasteiger partial charge in [0.05, 0.1) is 12.6 Å². The molecule has 84 valence electrons. The summed E-state index contributed by atoms with van der Waals surface area (Å²) < 4.78 is 28.5. The molecule has 0 saturated carbocycles. The van der Waals surface area contributed by atoms with Crippen LogP contribution in [0.1, 0.15) is 6.42 Å². The second kappa shape index (κ2) is 6.67. The number of methoxy groups -OCH3 is 1. The number of amides is 1. The van der Waals surface area contributed by atoms with Crippen molar-refractivity contribution in [3.05, 3.63) is 0 Å². The van der Waals surface area contributed by atoms with Crippen LogP contribution in [0.2, 0.25) is 0 Å². The number of nitrogens with two attached hydrogens (primary N) is 1. The predicted molar refractivity (Wildman–Crippen MR) is 48.1 cm³/mol. The molecule has 0 rings (SSSR count). The number of hydrogen-bond donors (Lipinski definition) is 1. The summed E-state index contributed by atoms with van der Waals surface area (Å²) in [5.74, 6) is -0.484. The highest BCUT2D eigenvalue weighted by molar-refractivity contribution is 5.81. The van der Waals surface area contributed by atoms with Crippen LogP contribution in [0.5, 0.6) is 0 Å². The summed E-state index contributed by atoms with van der Waals surface area (Å²) in [5.41, 5.74) is 5.46. The fourth-order valence-electron chi connectivity index (χ4n) is 0.948. The monoisotopic (exact) mass is 210 g/mol. The number of halogens is 2. The van der Waals surface area contributed by atoms with Crippen LogP contribution in [0.4, 0.5) is 8.78 Å². The lowest BCUT2D eigenvalue weighted by Crippen LogP contribution is -2.44. The second-order valence-electron chi connectivity index (χ2n) is 3.00. The molecule has 0 aromatic heterocycles. The minimum Gasteiger partial charge on any atom is -0.385 e. The van der Waals surface area contributed by atoms with Crippen LogP contribution < -0.4 is 5.73 Å². The summed E-state index contributed by atoms with van der Waals surface area (Å²) in [6.45, 7) is -0.241. The normalized spacial score (nSPS) is 13.0. The maximum absolute atomic E-state index is 11.9. The fraction of sp³-hybridized carbons (Fsp3) is 0.875. The van der Waals surface area contributed by atoms with E-state index in [1.165, 1.54) is 14.2 Å². The minimum absolute atomic E-state index is 0.336. The first-order valence-electron chi connectivity index (χ1n) is 4.26. The molecule has 1 atom stereocenters. The van der Waals surface area contributed by atoms with Crippen molar-refractivity contribution in [2.45, 2.75) is 18.9 Å². The molecule has 0 aliphatic carbocycles. The van der Waals surface area contributed by atoms with Gasteiger partial charge in [0.1, 0.15) is 0 Å². The maximum Gasteiger partial charge on any atom is 0.255 e. The summed E-state index contributed by atoms with van der Waals surface area (Å²) in [7, 11) is 2.79.